The Morgan fingerprint density at radius 2 is 1.86 bits per heavy atom. The van der Waals surface area contributed by atoms with Gasteiger partial charge in [-0.15, -0.1) is 0 Å². The molecule has 0 bridgehead atoms. The molecular formula is C30H34N2O11. The normalized spacial score (nSPS) is 21.2. The summed E-state index contributed by atoms with van der Waals surface area (Å²) >= 11 is 0. The van der Waals surface area contributed by atoms with E-state index in [0.29, 0.717) is 12.0 Å². The number of hydrogen-bond acceptors (Lipinski definition) is 11. The van der Waals surface area contributed by atoms with Crippen molar-refractivity contribution >= 4 is 28.7 Å². The van der Waals surface area contributed by atoms with Crippen LogP contribution in [0.25, 0.3) is 11.0 Å². The molecule has 230 valence electrons. The molecular weight excluding hydrogens is 564 g/mol. The van der Waals surface area contributed by atoms with Gasteiger partial charge in [-0.05, 0) is 70.0 Å². The summed E-state index contributed by atoms with van der Waals surface area (Å²) in [6.45, 7) is 7.12. The summed E-state index contributed by atoms with van der Waals surface area (Å²) in [6, 6.07) is 8.33. The number of hydrogen-bond donors (Lipinski definition) is 5. The maximum atomic E-state index is 12.9. The molecule has 0 saturated carbocycles. The number of rotatable bonds is 8. The van der Waals surface area contributed by atoms with Gasteiger partial charge in [-0.2, -0.15) is 0 Å². The van der Waals surface area contributed by atoms with Crippen molar-refractivity contribution in [3.63, 3.8) is 0 Å². The lowest BCUT2D eigenvalue weighted by Gasteiger charge is -2.47. The summed E-state index contributed by atoms with van der Waals surface area (Å²) in [5.41, 5.74) is 4.19. The molecule has 1 fully saturated rings. The Hall–Kier alpha value is -4.59. The van der Waals surface area contributed by atoms with Gasteiger partial charge in [0.15, 0.2) is 23.6 Å². The maximum Gasteiger partial charge on any atom is 0.404 e. The molecule has 1 saturated heterocycles. The number of phenols is 1. The van der Waals surface area contributed by atoms with E-state index >= 15 is 0 Å². The topological polar surface area (TPSA) is 200 Å². The van der Waals surface area contributed by atoms with Gasteiger partial charge in [0.25, 0.3) is 5.91 Å². The third kappa shape index (κ3) is 6.74. The van der Waals surface area contributed by atoms with Crippen LogP contribution in [0.1, 0.15) is 43.6 Å². The molecule has 1 aliphatic rings. The second-order valence-corrected chi connectivity index (χ2v) is 10.8. The second kappa shape index (κ2) is 12.3. The van der Waals surface area contributed by atoms with E-state index in [1.165, 1.54) is 43.5 Å². The number of benzene rings is 2. The van der Waals surface area contributed by atoms with Crippen molar-refractivity contribution in [1.82, 2.24) is 0 Å². The number of fused-ring (bicyclic) bond motifs is 1. The number of carbonyl (C=O) groups excluding carboxylic acids is 2. The molecule has 2 amide bonds. The highest BCUT2D eigenvalue weighted by molar-refractivity contribution is 6.06. The van der Waals surface area contributed by atoms with Crippen molar-refractivity contribution < 1.29 is 48.3 Å². The zero-order chi connectivity index (χ0) is 31.6. The van der Waals surface area contributed by atoms with E-state index in [-0.39, 0.29) is 28.0 Å². The Kier molecular flexibility index (Phi) is 8.99. The van der Waals surface area contributed by atoms with E-state index in [9.17, 15) is 29.7 Å². The Bertz CT molecular complexity index is 1620. The number of aliphatic hydroxyl groups is 1. The van der Waals surface area contributed by atoms with Crippen molar-refractivity contribution in [2.24, 2.45) is 5.73 Å². The highest BCUT2D eigenvalue weighted by atomic mass is 16.7. The number of ether oxygens (including phenoxy) is 4. The third-order valence-corrected chi connectivity index (χ3v) is 6.94. The van der Waals surface area contributed by atoms with E-state index in [4.69, 9.17) is 29.1 Å². The molecule has 13 heteroatoms. The number of phenolic OH excluding ortho intramolecular Hbond substituents is 1. The van der Waals surface area contributed by atoms with Gasteiger partial charge < -0.3 is 49.7 Å². The molecule has 4 rings (SSSR count). The van der Waals surface area contributed by atoms with Crippen molar-refractivity contribution in [3.05, 3.63) is 69.6 Å². The summed E-state index contributed by atoms with van der Waals surface area (Å²) in [7, 11) is 1.36. The molecule has 1 aliphatic heterocycles. The number of aromatic hydroxyl groups is 2. The number of nitrogens with one attached hydrogen (secondary N) is 1. The Labute approximate surface area is 246 Å². The van der Waals surface area contributed by atoms with Crippen LogP contribution in [-0.4, -0.2) is 64.6 Å². The van der Waals surface area contributed by atoms with Gasteiger partial charge >= 0.3 is 11.7 Å². The molecule has 0 aliphatic carbocycles. The molecule has 43 heavy (non-hydrogen) atoms. The highest BCUT2D eigenvalue weighted by Crippen LogP contribution is 2.36. The van der Waals surface area contributed by atoms with E-state index in [2.05, 4.69) is 5.32 Å². The summed E-state index contributed by atoms with van der Waals surface area (Å²) in [5, 5.41) is 34.3. The number of anilines is 1. The van der Waals surface area contributed by atoms with Gasteiger partial charge in [0, 0.05) is 18.7 Å². The summed E-state index contributed by atoms with van der Waals surface area (Å²) in [4.78, 5) is 37.2. The van der Waals surface area contributed by atoms with Gasteiger partial charge in [0.1, 0.15) is 23.2 Å². The van der Waals surface area contributed by atoms with E-state index in [0.717, 1.165) is 5.57 Å². The number of methoxy groups -OCH3 is 1. The minimum absolute atomic E-state index is 0.0179. The van der Waals surface area contributed by atoms with Gasteiger partial charge in [-0.3, -0.25) is 4.79 Å². The van der Waals surface area contributed by atoms with Gasteiger partial charge in [0.05, 0.1) is 11.0 Å². The fourth-order valence-corrected chi connectivity index (χ4v) is 4.82. The predicted octanol–water partition coefficient (Wildman–Crippen LogP) is 3.32. The van der Waals surface area contributed by atoms with Crippen LogP contribution < -0.4 is 21.4 Å². The molecule has 1 aromatic heterocycles. The number of allylic oxidation sites excluding steroid dienone is 2. The van der Waals surface area contributed by atoms with Gasteiger partial charge in [-0.1, -0.05) is 11.6 Å². The number of carbonyl (C=O) groups is 2. The lowest BCUT2D eigenvalue weighted by Crippen LogP contribution is -2.65. The lowest BCUT2D eigenvalue weighted by molar-refractivity contribution is -0.304. The summed E-state index contributed by atoms with van der Waals surface area (Å²) < 4.78 is 27.5. The zero-order valence-corrected chi connectivity index (χ0v) is 24.2. The maximum absolute atomic E-state index is 12.9. The minimum Gasteiger partial charge on any atom is -0.508 e. The largest absolute Gasteiger partial charge is 0.508 e. The lowest BCUT2D eigenvalue weighted by atomic mass is 9.89. The van der Waals surface area contributed by atoms with Crippen LogP contribution >= 0.6 is 0 Å². The predicted molar refractivity (Wildman–Crippen MR) is 154 cm³/mol. The highest BCUT2D eigenvalue weighted by Gasteiger charge is 2.53. The first-order valence-electron chi connectivity index (χ1n) is 13.3. The molecule has 13 nitrogen and oxygen atoms in total. The first-order valence-corrected chi connectivity index (χ1v) is 13.3. The fourth-order valence-electron chi connectivity index (χ4n) is 4.82. The first-order chi connectivity index (χ1) is 20.2. The summed E-state index contributed by atoms with van der Waals surface area (Å²) in [5.74, 6) is -1.14. The SMILES string of the molecule is CO[C@@H]1[C@@H](OC(N)=O)C(O)[C@H](Oc2ccc3c(O)c(NC(=O)c4ccc(O)c(CC=C(C)C)c4)c(=O)oc3c2)OC1(C)C. The average Bonchev–Trinajstić information content (AvgIpc) is 2.92. The van der Waals surface area contributed by atoms with E-state index in [1.54, 1.807) is 13.8 Å². The smallest absolute Gasteiger partial charge is 0.404 e. The van der Waals surface area contributed by atoms with Crippen molar-refractivity contribution in [3.8, 4) is 17.2 Å². The second-order valence-electron chi connectivity index (χ2n) is 10.8. The molecule has 2 heterocycles. The molecule has 1 unspecified atom stereocenters. The molecule has 3 aromatic rings. The van der Waals surface area contributed by atoms with E-state index < -0.39 is 59.3 Å². The van der Waals surface area contributed by atoms with Crippen molar-refractivity contribution in [2.75, 3.05) is 12.4 Å². The molecule has 0 radical (unpaired) electrons. The molecule has 0 spiro atoms. The van der Waals surface area contributed by atoms with Crippen LogP contribution in [0.5, 0.6) is 17.2 Å². The Morgan fingerprint density at radius 3 is 2.51 bits per heavy atom. The molecule has 4 atom stereocenters. The average molecular weight is 599 g/mol. The zero-order valence-electron chi connectivity index (χ0n) is 24.2. The number of amides is 2. The van der Waals surface area contributed by atoms with E-state index in [1.807, 2.05) is 19.9 Å². The number of primary amides is 1. The van der Waals surface area contributed by atoms with Crippen LogP contribution in [0.4, 0.5) is 10.5 Å². The van der Waals surface area contributed by atoms with Crippen molar-refractivity contribution in [1.29, 1.82) is 0 Å². The van der Waals surface area contributed by atoms with Gasteiger partial charge in [-0.25, -0.2) is 9.59 Å². The first kappa shape index (κ1) is 31.3. The molecule has 2 aromatic carbocycles. The van der Waals surface area contributed by atoms with Crippen molar-refractivity contribution in [2.45, 2.75) is 64.3 Å². The summed E-state index contributed by atoms with van der Waals surface area (Å²) in [6.07, 6.45) is -3.79. The van der Waals surface area contributed by atoms with Crippen LogP contribution in [0.2, 0.25) is 0 Å². The Balaban J connectivity index is 1.58. The standard InChI is InChI=1S/C30H34N2O11/c1-14(2)6-7-15-12-16(8-11-19(15)33)26(36)32-21-22(34)18-10-9-17(13-20(18)41-27(21)37)40-28-23(35)24(42-29(31)38)25(39-5)30(3,4)43-28/h6,8-13,23-25,28,33-35H,7H2,1-5H3,(H2,31,38)(H,32,36)/t23?,24-,25+,28+/m0/s1. The number of nitrogens with two attached hydrogens (primary N) is 1. The Morgan fingerprint density at radius 1 is 1.14 bits per heavy atom. The monoisotopic (exact) mass is 598 g/mol. The van der Waals surface area contributed by atoms with Crippen LogP contribution in [-0.2, 0) is 20.6 Å². The number of aliphatic hydroxyl groups excluding tert-OH is 1. The van der Waals surface area contributed by atoms with Crippen LogP contribution in [0.15, 0.2) is 57.3 Å². The minimum atomic E-state index is -1.51. The van der Waals surface area contributed by atoms with Crippen LogP contribution in [0, 0.1) is 0 Å². The van der Waals surface area contributed by atoms with Crippen LogP contribution in [0.3, 0.4) is 0 Å². The molecule has 6 N–H and O–H groups in total. The van der Waals surface area contributed by atoms with Gasteiger partial charge in [0.2, 0.25) is 6.29 Å². The third-order valence-electron chi connectivity index (χ3n) is 6.94. The fraction of sp³-hybridized carbons (Fsp3) is 0.367. The quantitative estimate of drug-likeness (QED) is 0.188.